The summed E-state index contributed by atoms with van der Waals surface area (Å²) in [4.78, 5) is 2.61. The first kappa shape index (κ1) is 13.7. The van der Waals surface area contributed by atoms with Crippen molar-refractivity contribution in [3.8, 4) is 0 Å². The molecule has 0 saturated carbocycles. The van der Waals surface area contributed by atoms with Crippen LogP contribution in [0.3, 0.4) is 0 Å². The Balaban J connectivity index is 1.76. The van der Waals surface area contributed by atoms with E-state index >= 15 is 0 Å². The van der Waals surface area contributed by atoms with Crippen molar-refractivity contribution in [2.24, 2.45) is 0 Å². The molecule has 0 bridgehead atoms. The molecule has 19 heavy (non-hydrogen) atoms. The van der Waals surface area contributed by atoms with Gasteiger partial charge in [0.25, 0.3) is 0 Å². The van der Waals surface area contributed by atoms with Crippen LogP contribution in [0.4, 0.5) is 0 Å². The second kappa shape index (κ2) is 6.01. The molecule has 1 aromatic rings. The predicted molar refractivity (Wildman–Crippen MR) is 80.9 cm³/mol. The molecule has 1 N–H and O–H groups in total. The van der Waals surface area contributed by atoms with Gasteiger partial charge >= 0.3 is 0 Å². The molecule has 2 aliphatic heterocycles. The largest absolute Gasteiger partial charge is 0.312 e. The average molecular weight is 299 g/mol. The molecular formula is C15H20Cl2N2. The van der Waals surface area contributed by atoms with Crippen LogP contribution in [0.1, 0.15) is 31.2 Å². The fourth-order valence-electron chi connectivity index (χ4n) is 3.46. The first-order chi connectivity index (χ1) is 9.22. The van der Waals surface area contributed by atoms with Gasteiger partial charge in [-0.25, -0.2) is 0 Å². The summed E-state index contributed by atoms with van der Waals surface area (Å²) in [7, 11) is 0. The molecule has 2 aliphatic rings. The number of hydrogen-bond acceptors (Lipinski definition) is 2. The molecule has 0 aliphatic carbocycles. The van der Waals surface area contributed by atoms with E-state index in [9.17, 15) is 0 Å². The van der Waals surface area contributed by atoms with Gasteiger partial charge in [0.1, 0.15) is 0 Å². The van der Waals surface area contributed by atoms with E-state index in [4.69, 9.17) is 23.2 Å². The summed E-state index contributed by atoms with van der Waals surface area (Å²) < 4.78 is 0. The van der Waals surface area contributed by atoms with Gasteiger partial charge in [-0.05, 0) is 56.1 Å². The Morgan fingerprint density at radius 2 is 1.89 bits per heavy atom. The number of rotatable bonds is 2. The maximum Gasteiger partial charge on any atom is 0.0424 e. The highest BCUT2D eigenvalue weighted by Crippen LogP contribution is 2.27. The van der Waals surface area contributed by atoms with E-state index in [0.717, 1.165) is 23.1 Å². The zero-order valence-corrected chi connectivity index (χ0v) is 12.6. The highest BCUT2D eigenvalue weighted by molar-refractivity contribution is 6.34. The molecule has 1 aromatic carbocycles. The third-order valence-electron chi connectivity index (χ3n) is 4.30. The van der Waals surface area contributed by atoms with Crippen LogP contribution in [0.15, 0.2) is 18.2 Å². The Morgan fingerprint density at radius 1 is 1.11 bits per heavy atom. The van der Waals surface area contributed by atoms with Crippen molar-refractivity contribution in [2.45, 2.75) is 44.3 Å². The normalized spacial score (nSPS) is 28.1. The second-order valence-corrected chi connectivity index (χ2v) is 6.53. The van der Waals surface area contributed by atoms with Crippen molar-refractivity contribution >= 4 is 23.2 Å². The summed E-state index contributed by atoms with van der Waals surface area (Å²) >= 11 is 12.2. The minimum atomic E-state index is 0.678. The molecule has 4 heteroatoms. The van der Waals surface area contributed by atoms with Crippen molar-refractivity contribution < 1.29 is 0 Å². The summed E-state index contributed by atoms with van der Waals surface area (Å²) in [6, 6.07) is 7.23. The van der Waals surface area contributed by atoms with Gasteiger partial charge in [0.05, 0.1) is 0 Å². The van der Waals surface area contributed by atoms with Gasteiger partial charge in [0.15, 0.2) is 0 Å². The Hall–Kier alpha value is -0.280. The first-order valence-electron chi connectivity index (χ1n) is 7.15. The number of hydrogen-bond donors (Lipinski definition) is 1. The number of nitrogens with zero attached hydrogens (tertiary/aromatic N) is 1. The van der Waals surface area contributed by atoms with Crippen molar-refractivity contribution in [3.63, 3.8) is 0 Å². The van der Waals surface area contributed by atoms with Crippen LogP contribution in [0.2, 0.25) is 10.0 Å². The van der Waals surface area contributed by atoms with Gasteiger partial charge in [-0.2, -0.15) is 0 Å². The minimum absolute atomic E-state index is 0.678. The Morgan fingerprint density at radius 3 is 2.68 bits per heavy atom. The zero-order valence-electron chi connectivity index (χ0n) is 11.0. The summed E-state index contributed by atoms with van der Waals surface area (Å²) in [5.74, 6) is 0. The van der Waals surface area contributed by atoms with Crippen LogP contribution < -0.4 is 5.32 Å². The molecule has 0 amide bonds. The lowest BCUT2D eigenvalue weighted by Crippen LogP contribution is -2.41. The van der Waals surface area contributed by atoms with Crippen molar-refractivity contribution in [2.75, 3.05) is 13.1 Å². The third kappa shape index (κ3) is 3.25. The number of likely N-dealkylation sites (tertiary alicyclic amines) is 1. The van der Waals surface area contributed by atoms with Crippen LogP contribution in [0.25, 0.3) is 0 Å². The number of nitrogens with one attached hydrogen (secondary N) is 1. The SMILES string of the molecule is Clc1cc(Cl)cc(CN2CCCC[C@H]3NCC[C@H]32)c1. The molecule has 2 atom stereocenters. The molecular weight excluding hydrogens is 279 g/mol. The Labute approximate surface area is 125 Å². The van der Waals surface area contributed by atoms with Gasteiger partial charge in [-0.1, -0.05) is 29.6 Å². The topological polar surface area (TPSA) is 15.3 Å². The predicted octanol–water partition coefficient (Wildman–Crippen LogP) is 3.71. The van der Waals surface area contributed by atoms with E-state index in [1.807, 2.05) is 12.1 Å². The highest BCUT2D eigenvalue weighted by Gasteiger charge is 2.33. The Bertz CT molecular complexity index is 430. The molecule has 3 rings (SSSR count). The summed E-state index contributed by atoms with van der Waals surface area (Å²) in [5.41, 5.74) is 1.23. The lowest BCUT2D eigenvalue weighted by atomic mass is 10.0. The molecule has 2 saturated heterocycles. The smallest absolute Gasteiger partial charge is 0.0424 e. The van der Waals surface area contributed by atoms with Gasteiger partial charge in [0.2, 0.25) is 0 Å². The second-order valence-electron chi connectivity index (χ2n) is 5.66. The monoisotopic (exact) mass is 298 g/mol. The molecule has 104 valence electrons. The molecule has 0 unspecified atom stereocenters. The average Bonchev–Trinajstić information content (AvgIpc) is 2.73. The van der Waals surface area contributed by atoms with Crippen LogP contribution in [0.5, 0.6) is 0 Å². The van der Waals surface area contributed by atoms with Crippen LogP contribution in [-0.4, -0.2) is 30.1 Å². The third-order valence-corrected chi connectivity index (χ3v) is 4.74. The van der Waals surface area contributed by atoms with E-state index in [1.54, 1.807) is 6.07 Å². The van der Waals surface area contributed by atoms with E-state index < -0.39 is 0 Å². The van der Waals surface area contributed by atoms with Crippen LogP contribution in [0, 0.1) is 0 Å². The molecule has 2 nitrogen and oxygen atoms in total. The fourth-order valence-corrected chi connectivity index (χ4v) is 4.03. The first-order valence-corrected chi connectivity index (χ1v) is 7.90. The lowest BCUT2D eigenvalue weighted by molar-refractivity contribution is 0.186. The minimum Gasteiger partial charge on any atom is -0.312 e. The van der Waals surface area contributed by atoms with Crippen molar-refractivity contribution in [1.82, 2.24) is 10.2 Å². The van der Waals surface area contributed by atoms with Gasteiger partial charge in [-0.3, -0.25) is 4.90 Å². The van der Waals surface area contributed by atoms with Crippen LogP contribution >= 0.6 is 23.2 Å². The van der Waals surface area contributed by atoms with E-state index in [1.165, 1.54) is 37.8 Å². The van der Waals surface area contributed by atoms with Gasteiger partial charge in [0, 0.05) is 28.7 Å². The maximum absolute atomic E-state index is 6.10. The van der Waals surface area contributed by atoms with Gasteiger partial charge < -0.3 is 5.32 Å². The highest BCUT2D eigenvalue weighted by atomic mass is 35.5. The quantitative estimate of drug-likeness (QED) is 0.895. The molecule has 2 fully saturated rings. The lowest BCUT2D eigenvalue weighted by Gasteiger charge is -2.30. The van der Waals surface area contributed by atoms with Crippen LogP contribution in [-0.2, 0) is 6.54 Å². The molecule has 2 heterocycles. The van der Waals surface area contributed by atoms with E-state index in [0.29, 0.717) is 12.1 Å². The van der Waals surface area contributed by atoms with Crippen molar-refractivity contribution in [1.29, 1.82) is 0 Å². The molecule has 0 radical (unpaired) electrons. The zero-order chi connectivity index (χ0) is 13.2. The maximum atomic E-state index is 6.10. The standard InChI is InChI=1S/C15H20Cl2N2/c16-12-7-11(8-13(17)9-12)10-19-6-2-1-3-14-15(19)4-5-18-14/h7-9,14-15,18H,1-6,10H2/t14-,15-/m1/s1. The van der Waals surface area contributed by atoms with E-state index in [2.05, 4.69) is 10.2 Å². The summed E-state index contributed by atoms with van der Waals surface area (Å²) in [5, 5.41) is 5.11. The van der Waals surface area contributed by atoms with Crippen molar-refractivity contribution in [3.05, 3.63) is 33.8 Å². The summed E-state index contributed by atoms with van der Waals surface area (Å²) in [6.45, 7) is 3.30. The van der Waals surface area contributed by atoms with Gasteiger partial charge in [-0.15, -0.1) is 0 Å². The number of benzene rings is 1. The summed E-state index contributed by atoms with van der Waals surface area (Å²) in [6.07, 6.45) is 5.21. The fraction of sp³-hybridized carbons (Fsp3) is 0.600. The Kier molecular flexibility index (Phi) is 4.33. The van der Waals surface area contributed by atoms with E-state index in [-0.39, 0.29) is 0 Å². The number of fused-ring (bicyclic) bond motifs is 1. The molecule has 0 spiro atoms. The molecule has 0 aromatic heterocycles. The number of halogens is 2.